The molecule has 0 aromatic carbocycles. The van der Waals surface area contributed by atoms with Crippen molar-refractivity contribution in [2.45, 2.75) is 18.7 Å². The number of ether oxygens (including phenoxy) is 4. The zero-order valence-corrected chi connectivity index (χ0v) is 11.1. The Kier molecular flexibility index (Phi) is 11.2. The standard InChI is InChI=1S/C11H22F3NO4/c1-16-4-5-17-6-7-18-8-9-19-10(2-3-15)11(12,13)14/h10H,2-9,15H2,1H3. The Hall–Kier alpha value is -0.410. The van der Waals surface area contributed by atoms with Gasteiger partial charge in [-0.05, 0) is 13.0 Å². The van der Waals surface area contributed by atoms with Crippen molar-refractivity contribution in [3.05, 3.63) is 0 Å². The first-order valence-corrected chi connectivity index (χ1v) is 6.05. The molecule has 0 radical (unpaired) electrons. The highest BCUT2D eigenvalue weighted by Gasteiger charge is 2.39. The lowest BCUT2D eigenvalue weighted by Gasteiger charge is -2.20. The molecule has 19 heavy (non-hydrogen) atoms. The third-order valence-electron chi connectivity index (χ3n) is 2.14. The second-order valence-electron chi connectivity index (χ2n) is 3.70. The van der Waals surface area contributed by atoms with Gasteiger partial charge in [0.05, 0.1) is 39.6 Å². The van der Waals surface area contributed by atoms with Gasteiger partial charge in [-0.3, -0.25) is 0 Å². The quantitative estimate of drug-likeness (QED) is 0.542. The molecule has 0 spiro atoms. The Morgan fingerprint density at radius 2 is 1.47 bits per heavy atom. The van der Waals surface area contributed by atoms with Crippen molar-refractivity contribution in [1.82, 2.24) is 0 Å². The van der Waals surface area contributed by atoms with Crippen molar-refractivity contribution in [3.8, 4) is 0 Å². The third kappa shape index (κ3) is 11.1. The van der Waals surface area contributed by atoms with Crippen LogP contribution in [-0.2, 0) is 18.9 Å². The van der Waals surface area contributed by atoms with E-state index >= 15 is 0 Å². The van der Waals surface area contributed by atoms with E-state index < -0.39 is 12.3 Å². The van der Waals surface area contributed by atoms with E-state index in [0.29, 0.717) is 26.4 Å². The SMILES string of the molecule is COCCOCCOCCOC(CCN)C(F)(F)F. The van der Waals surface area contributed by atoms with E-state index in [4.69, 9.17) is 24.7 Å². The molecule has 2 N–H and O–H groups in total. The van der Waals surface area contributed by atoms with Gasteiger partial charge in [0, 0.05) is 7.11 Å². The number of rotatable bonds is 12. The zero-order chi connectivity index (χ0) is 14.6. The molecule has 0 aromatic rings. The molecule has 5 nitrogen and oxygen atoms in total. The lowest BCUT2D eigenvalue weighted by molar-refractivity contribution is -0.224. The van der Waals surface area contributed by atoms with Crippen molar-refractivity contribution in [1.29, 1.82) is 0 Å². The molecule has 0 aromatic heterocycles. The van der Waals surface area contributed by atoms with Crippen molar-refractivity contribution >= 4 is 0 Å². The summed E-state index contributed by atoms with van der Waals surface area (Å²) in [6.45, 7) is 1.53. The summed E-state index contributed by atoms with van der Waals surface area (Å²) in [5.41, 5.74) is 5.10. The minimum absolute atomic E-state index is 0.0711. The minimum atomic E-state index is -4.39. The van der Waals surface area contributed by atoms with Crippen LogP contribution in [0.3, 0.4) is 0 Å². The van der Waals surface area contributed by atoms with Gasteiger partial charge in [0.1, 0.15) is 0 Å². The molecule has 0 bridgehead atoms. The Labute approximate surface area is 111 Å². The van der Waals surface area contributed by atoms with Crippen LogP contribution in [-0.4, -0.2) is 65.6 Å². The van der Waals surface area contributed by atoms with Crippen LogP contribution in [0.5, 0.6) is 0 Å². The summed E-state index contributed by atoms with van der Waals surface area (Å²) in [7, 11) is 1.57. The molecule has 0 rings (SSSR count). The molecule has 1 unspecified atom stereocenters. The van der Waals surface area contributed by atoms with Crippen LogP contribution in [0.2, 0.25) is 0 Å². The number of methoxy groups -OCH3 is 1. The summed E-state index contributed by atoms with van der Waals surface area (Å²) in [6, 6.07) is 0. The molecule has 0 saturated carbocycles. The van der Waals surface area contributed by atoms with Gasteiger partial charge < -0.3 is 24.7 Å². The van der Waals surface area contributed by atoms with Crippen molar-refractivity contribution in [2.75, 3.05) is 53.3 Å². The van der Waals surface area contributed by atoms with E-state index in [9.17, 15) is 13.2 Å². The lowest BCUT2D eigenvalue weighted by Crippen LogP contribution is -2.34. The maximum Gasteiger partial charge on any atom is 0.414 e. The van der Waals surface area contributed by atoms with Crippen LogP contribution in [0.4, 0.5) is 13.2 Å². The molecule has 0 saturated heterocycles. The molecule has 0 heterocycles. The van der Waals surface area contributed by atoms with Crippen molar-refractivity contribution in [3.63, 3.8) is 0 Å². The first kappa shape index (κ1) is 18.6. The summed E-state index contributed by atoms with van der Waals surface area (Å²) in [4.78, 5) is 0. The fraction of sp³-hybridized carbons (Fsp3) is 1.00. The average molecular weight is 289 g/mol. The molecule has 0 aliphatic carbocycles. The largest absolute Gasteiger partial charge is 0.414 e. The molecule has 0 amide bonds. The van der Waals surface area contributed by atoms with Gasteiger partial charge in [-0.25, -0.2) is 0 Å². The number of hydrogen-bond donors (Lipinski definition) is 1. The van der Waals surface area contributed by atoms with Crippen molar-refractivity contribution in [2.24, 2.45) is 5.73 Å². The average Bonchev–Trinajstić information content (AvgIpc) is 2.34. The first-order chi connectivity index (χ1) is 9.02. The normalized spacial score (nSPS) is 13.7. The zero-order valence-electron chi connectivity index (χ0n) is 11.1. The molecule has 0 aliphatic rings. The molecule has 116 valence electrons. The van der Waals surface area contributed by atoms with Crippen LogP contribution in [0.15, 0.2) is 0 Å². The highest BCUT2D eigenvalue weighted by atomic mass is 19.4. The summed E-state index contributed by atoms with van der Waals surface area (Å²) in [5, 5.41) is 0. The van der Waals surface area contributed by atoms with Gasteiger partial charge >= 0.3 is 6.18 Å². The number of halogens is 3. The van der Waals surface area contributed by atoms with Crippen LogP contribution in [0.1, 0.15) is 6.42 Å². The van der Waals surface area contributed by atoms with E-state index in [2.05, 4.69) is 0 Å². The topological polar surface area (TPSA) is 62.9 Å². The maximum atomic E-state index is 12.4. The Morgan fingerprint density at radius 3 is 1.95 bits per heavy atom. The predicted octanol–water partition coefficient (Wildman–Crippen LogP) is 0.962. The van der Waals surface area contributed by atoms with E-state index in [-0.39, 0.29) is 26.2 Å². The Balaban J connectivity index is 3.45. The molecule has 1 atom stereocenters. The van der Waals surface area contributed by atoms with Gasteiger partial charge in [0.2, 0.25) is 0 Å². The van der Waals surface area contributed by atoms with E-state index in [1.54, 1.807) is 7.11 Å². The maximum absolute atomic E-state index is 12.4. The summed E-state index contributed by atoms with van der Waals surface area (Å²) >= 11 is 0. The molecule has 0 fully saturated rings. The van der Waals surface area contributed by atoms with E-state index in [1.165, 1.54) is 0 Å². The van der Waals surface area contributed by atoms with E-state index in [1.807, 2.05) is 0 Å². The third-order valence-corrected chi connectivity index (χ3v) is 2.14. The van der Waals surface area contributed by atoms with Gasteiger partial charge in [-0.1, -0.05) is 0 Å². The fourth-order valence-electron chi connectivity index (χ4n) is 1.21. The van der Waals surface area contributed by atoms with Gasteiger partial charge in [0.25, 0.3) is 0 Å². The smallest absolute Gasteiger partial charge is 0.382 e. The molecular formula is C11H22F3NO4. The van der Waals surface area contributed by atoms with Crippen LogP contribution in [0.25, 0.3) is 0 Å². The highest BCUT2D eigenvalue weighted by Crippen LogP contribution is 2.24. The number of hydrogen-bond acceptors (Lipinski definition) is 5. The highest BCUT2D eigenvalue weighted by molar-refractivity contribution is 4.67. The second kappa shape index (κ2) is 11.4. The predicted molar refractivity (Wildman–Crippen MR) is 63.0 cm³/mol. The monoisotopic (exact) mass is 289 g/mol. The van der Waals surface area contributed by atoms with Gasteiger partial charge in [-0.15, -0.1) is 0 Å². The summed E-state index contributed by atoms with van der Waals surface area (Å²) in [6.07, 6.45) is -6.45. The summed E-state index contributed by atoms with van der Waals surface area (Å²) < 4.78 is 56.8. The van der Waals surface area contributed by atoms with E-state index in [0.717, 1.165) is 0 Å². The number of nitrogens with two attached hydrogens (primary N) is 1. The number of alkyl halides is 3. The van der Waals surface area contributed by atoms with Gasteiger partial charge in [0.15, 0.2) is 6.10 Å². The minimum Gasteiger partial charge on any atom is -0.382 e. The first-order valence-electron chi connectivity index (χ1n) is 6.05. The summed E-state index contributed by atoms with van der Waals surface area (Å²) in [5.74, 6) is 0. The molecule has 0 aliphatic heterocycles. The van der Waals surface area contributed by atoms with Crippen LogP contribution in [0, 0.1) is 0 Å². The molecule has 8 heteroatoms. The Morgan fingerprint density at radius 1 is 0.947 bits per heavy atom. The van der Waals surface area contributed by atoms with Crippen molar-refractivity contribution < 1.29 is 32.1 Å². The lowest BCUT2D eigenvalue weighted by atomic mass is 10.2. The molecular weight excluding hydrogens is 267 g/mol. The van der Waals surface area contributed by atoms with Crippen LogP contribution >= 0.6 is 0 Å². The van der Waals surface area contributed by atoms with Crippen LogP contribution < -0.4 is 5.73 Å². The Bertz CT molecular complexity index is 205. The second-order valence-corrected chi connectivity index (χ2v) is 3.70. The fourth-order valence-corrected chi connectivity index (χ4v) is 1.21. The van der Waals surface area contributed by atoms with Gasteiger partial charge in [-0.2, -0.15) is 13.2 Å².